The Hall–Kier alpha value is -1.15. The van der Waals surface area contributed by atoms with Crippen molar-refractivity contribution < 1.29 is 9.84 Å². The van der Waals surface area contributed by atoms with Crippen LogP contribution in [0.4, 0.5) is 0 Å². The Labute approximate surface area is 69.7 Å². The summed E-state index contributed by atoms with van der Waals surface area (Å²) in [6.07, 6.45) is 1.24. The first-order chi connectivity index (χ1) is 5.24. The summed E-state index contributed by atoms with van der Waals surface area (Å²) in [6, 6.07) is 4.60. The molecule has 1 rings (SSSR count). The van der Waals surface area contributed by atoms with Crippen molar-refractivity contribution in [1.82, 2.24) is 0 Å². The van der Waals surface area contributed by atoms with E-state index in [-0.39, 0.29) is 5.75 Å². The van der Waals surface area contributed by atoms with Crippen LogP contribution in [0.5, 0.6) is 11.5 Å². The van der Waals surface area contributed by atoms with E-state index in [0.29, 0.717) is 10.8 Å². The Morgan fingerprint density at radius 2 is 2.27 bits per heavy atom. The zero-order valence-corrected chi connectivity index (χ0v) is 6.51. The van der Waals surface area contributed by atoms with Gasteiger partial charge in [-0.3, -0.25) is 0 Å². The van der Waals surface area contributed by atoms with Crippen molar-refractivity contribution in [2.24, 2.45) is 0 Å². The maximum atomic E-state index is 9.17. The van der Waals surface area contributed by atoms with Gasteiger partial charge >= 0.3 is 0 Å². The van der Waals surface area contributed by atoms with Crippen LogP contribution < -0.4 is 4.74 Å². The minimum Gasteiger partial charge on any atom is -0.504 e. The fourth-order valence-electron chi connectivity index (χ4n) is 0.680. The topological polar surface area (TPSA) is 29.5 Å². The lowest BCUT2D eigenvalue weighted by Crippen LogP contribution is -1.80. The number of benzene rings is 1. The second-order valence-electron chi connectivity index (χ2n) is 1.90. The third kappa shape index (κ3) is 1.88. The van der Waals surface area contributed by atoms with Crippen LogP contribution in [0, 0.1) is 0 Å². The van der Waals surface area contributed by atoms with E-state index >= 15 is 0 Å². The summed E-state index contributed by atoms with van der Waals surface area (Å²) in [6.45, 7) is 3.35. The molecule has 0 spiro atoms. The molecule has 0 fully saturated rings. The van der Waals surface area contributed by atoms with Gasteiger partial charge in [-0.2, -0.15) is 0 Å². The summed E-state index contributed by atoms with van der Waals surface area (Å²) in [5, 5.41) is 9.64. The van der Waals surface area contributed by atoms with Crippen molar-refractivity contribution in [3.63, 3.8) is 0 Å². The van der Waals surface area contributed by atoms with Gasteiger partial charge in [0.05, 0.1) is 6.26 Å². The molecule has 0 aliphatic carbocycles. The van der Waals surface area contributed by atoms with Crippen molar-refractivity contribution in [1.29, 1.82) is 0 Å². The average molecular weight is 171 g/mol. The van der Waals surface area contributed by atoms with Crippen LogP contribution in [0.3, 0.4) is 0 Å². The molecule has 58 valence electrons. The van der Waals surface area contributed by atoms with Gasteiger partial charge in [0.2, 0.25) is 0 Å². The molecular weight excluding hydrogens is 164 g/mol. The van der Waals surface area contributed by atoms with Crippen LogP contribution in [-0.4, -0.2) is 5.11 Å². The molecule has 11 heavy (non-hydrogen) atoms. The highest BCUT2D eigenvalue weighted by Crippen LogP contribution is 2.28. The molecule has 0 heterocycles. The fraction of sp³-hybridized carbons (Fsp3) is 0. The lowest BCUT2D eigenvalue weighted by atomic mass is 10.3. The zero-order valence-electron chi connectivity index (χ0n) is 5.75. The van der Waals surface area contributed by atoms with Gasteiger partial charge in [-0.05, 0) is 12.1 Å². The Balaban J connectivity index is 2.98. The SMILES string of the molecule is C=COc1ccc(Cl)cc1O. The molecule has 0 saturated heterocycles. The Morgan fingerprint density at radius 3 is 2.82 bits per heavy atom. The Morgan fingerprint density at radius 1 is 1.55 bits per heavy atom. The normalized spacial score (nSPS) is 9.18. The minimum absolute atomic E-state index is 0.0115. The first-order valence-electron chi connectivity index (χ1n) is 3.00. The van der Waals surface area contributed by atoms with Gasteiger partial charge in [0.15, 0.2) is 11.5 Å². The minimum atomic E-state index is 0.0115. The predicted octanol–water partition coefficient (Wildman–Crippen LogP) is 2.57. The molecule has 0 unspecified atom stereocenters. The summed E-state index contributed by atoms with van der Waals surface area (Å²) in [5.74, 6) is 0.363. The molecule has 0 atom stereocenters. The third-order valence-electron chi connectivity index (χ3n) is 1.13. The molecule has 2 nitrogen and oxygen atoms in total. The number of ether oxygens (including phenoxy) is 1. The van der Waals surface area contributed by atoms with Gasteiger partial charge < -0.3 is 9.84 Å². The lowest BCUT2D eigenvalue weighted by molar-refractivity contribution is 0.411. The van der Waals surface area contributed by atoms with Gasteiger partial charge in [-0.15, -0.1) is 0 Å². The highest BCUT2D eigenvalue weighted by Gasteiger charge is 1.99. The molecule has 1 aromatic carbocycles. The fourth-order valence-corrected chi connectivity index (χ4v) is 0.846. The van der Waals surface area contributed by atoms with E-state index < -0.39 is 0 Å². The van der Waals surface area contributed by atoms with Crippen LogP contribution in [-0.2, 0) is 0 Å². The molecule has 0 bridgehead atoms. The van der Waals surface area contributed by atoms with Gasteiger partial charge in [0, 0.05) is 11.1 Å². The van der Waals surface area contributed by atoms with E-state index in [4.69, 9.17) is 21.4 Å². The van der Waals surface area contributed by atoms with E-state index in [1.165, 1.54) is 12.3 Å². The van der Waals surface area contributed by atoms with Crippen molar-refractivity contribution in [2.75, 3.05) is 0 Å². The van der Waals surface area contributed by atoms with Gasteiger partial charge in [-0.25, -0.2) is 0 Å². The molecule has 0 saturated carbocycles. The molecule has 0 radical (unpaired) electrons. The lowest BCUT2D eigenvalue weighted by Gasteiger charge is -2.01. The Kier molecular flexibility index (Phi) is 2.39. The summed E-state index contributed by atoms with van der Waals surface area (Å²) in [5.41, 5.74) is 0. The number of rotatable bonds is 2. The van der Waals surface area contributed by atoms with Crippen molar-refractivity contribution in [3.8, 4) is 11.5 Å². The van der Waals surface area contributed by atoms with Gasteiger partial charge in [0.1, 0.15) is 0 Å². The quantitative estimate of drug-likeness (QED) is 0.692. The predicted molar refractivity (Wildman–Crippen MR) is 43.9 cm³/mol. The van der Waals surface area contributed by atoms with E-state index in [1.54, 1.807) is 12.1 Å². The highest BCUT2D eigenvalue weighted by molar-refractivity contribution is 6.30. The van der Waals surface area contributed by atoms with Gasteiger partial charge in [-0.1, -0.05) is 18.2 Å². The van der Waals surface area contributed by atoms with E-state index in [9.17, 15) is 0 Å². The zero-order chi connectivity index (χ0) is 8.27. The Bertz CT molecular complexity index is 271. The molecule has 0 aliphatic rings. The van der Waals surface area contributed by atoms with E-state index in [2.05, 4.69) is 6.58 Å². The van der Waals surface area contributed by atoms with Crippen molar-refractivity contribution >= 4 is 11.6 Å². The van der Waals surface area contributed by atoms with Crippen LogP contribution in [0.25, 0.3) is 0 Å². The molecule has 1 aromatic rings. The van der Waals surface area contributed by atoms with Crippen LogP contribution >= 0.6 is 11.6 Å². The first kappa shape index (κ1) is 7.95. The van der Waals surface area contributed by atoms with Crippen LogP contribution in [0.2, 0.25) is 5.02 Å². The number of halogens is 1. The third-order valence-corrected chi connectivity index (χ3v) is 1.37. The second kappa shape index (κ2) is 3.30. The smallest absolute Gasteiger partial charge is 0.168 e. The standard InChI is InChI=1S/C8H7ClO2/c1-2-11-8-4-3-6(9)5-7(8)10/h2-5,10H,1H2. The molecule has 0 aromatic heterocycles. The van der Waals surface area contributed by atoms with E-state index in [1.807, 2.05) is 0 Å². The summed E-state index contributed by atoms with van der Waals surface area (Å²) >= 11 is 5.58. The molecule has 0 amide bonds. The molecule has 0 aliphatic heterocycles. The number of aromatic hydroxyl groups is 1. The number of phenolic OH excluding ortho intramolecular Hbond substituents is 1. The average Bonchev–Trinajstić information content (AvgIpc) is 1.95. The van der Waals surface area contributed by atoms with Crippen molar-refractivity contribution in [2.45, 2.75) is 0 Å². The summed E-state index contributed by atoms with van der Waals surface area (Å²) < 4.78 is 4.85. The monoisotopic (exact) mass is 170 g/mol. The van der Waals surface area contributed by atoms with Crippen molar-refractivity contribution in [3.05, 3.63) is 36.1 Å². The summed E-state index contributed by atoms with van der Waals surface area (Å²) in [7, 11) is 0. The first-order valence-corrected chi connectivity index (χ1v) is 3.38. The molecule has 3 heteroatoms. The largest absolute Gasteiger partial charge is 0.504 e. The molecule has 1 N–H and O–H groups in total. The van der Waals surface area contributed by atoms with Crippen LogP contribution in [0.1, 0.15) is 0 Å². The molecular formula is C8H7ClO2. The van der Waals surface area contributed by atoms with E-state index in [0.717, 1.165) is 0 Å². The summed E-state index contributed by atoms with van der Waals surface area (Å²) in [4.78, 5) is 0. The second-order valence-corrected chi connectivity index (χ2v) is 2.33. The van der Waals surface area contributed by atoms with Crippen LogP contribution in [0.15, 0.2) is 31.0 Å². The number of hydrogen-bond donors (Lipinski definition) is 1. The maximum Gasteiger partial charge on any atom is 0.168 e. The number of phenols is 1. The maximum absolute atomic E-state index is 9.17. The van der Waals surface area contributed by atoms with Gasteiger partial charge in [0.25, 0.3) is 0 Å². The highest BCUT2D eigenvalue weighted by atomic mass is 35.5. The number of hydrogen-bond acceptors (Lipinski definition) is 2.